The van der Waals surface area contributed by atoms with Crippen LogP contribution in [0.25, 0.3) is 33.4 Å². The first-order valence-corrected chi connectivity index (χ1v) is 38.4. The van der Waals surface area contributed by atoms with E-state index in [1.807, 2.05) is 12.2 Å². The predicted octanol–water partition coefficient (Wildman–Crippen LogP) is 22.8. The van der Waals surface area contributed by atoms with Crippen molar-refractivity contribution in [2.24, 2.45) is 10.8 Å². The van der Waals surface area contributed by atoms with Crippen LogP contribution in [0.3, 0.4) is 0 Å². The van der Waals surface area contributed by atoms with Gasteiger partial charge in [-0.05, 0) is 292 Å². The maximum absolute atomic E-state index is 10.7. The minimum atomic E-state index is -0.460. The number of fused-ring (bicyclic) bond motifs is 5. The van der Waals surface area contributed by atoms with Gasteiger partial charge in [0.2, 0.25) is 0 Å². The average Bonchev–Trinajstić information content (AvgIpc) is 1.53. The highest BCUT2D eigenvalue weighted by Crippen LogP contribution is 2.57. The van der Waals surface area contributed by atoms with Crippen molar-refractivity contribution >= 4 is 5.97 Å². The van der Waals surface area contributed by atoms with Gasteiger partial charge in [-0.2, -0.15) is 0 Å². The van der Waals surface area contributed by atoms with E-state index in [4.69, 9.17) is 28.4 Å². The second-order valence-corrected chi connectivity index (χ2v) is 30.2. The van der Waals surface area contributed by atoms with Gasteiger partial charge < -0.3 is 28.4 Å². The largest absolute Gasteiger partial charge is 0.493 e. The molecule has 0 amide bonds. The Balaban J connectivity index is 0.000000151. The molecular weight excluding hydrogens is 1280 g/mol. The normalized spacial score (nSPS) is 14.7. The summed E-state index contributed by atoms with van der Waals surface area (Å²) in [5, 5.41) is 0. The van der Waals surface area contributed by atoms with Crippen LogP contribution < -0.4 is 9.47 Å². The summed E-state index contributed by atoms with van der Waals surface area (Å²) >= 11 is 0. The molecule has 14 rings (SSSR count). The topological polar surface area (TPSA) is 72.5 Å². The third kappa shape index (κ3) is 17.9. The lowest BCUT2D eigenvalue weighted by Crippen LogP contribution is -2.46. The lowest BCUT2D eigenvalue weighted by Gasteiger charge is -2.40. The van der Waals surface area contributed by atoms with Gasteiger partial charge in [0.1, 0.15) is 18.1 Å². The van der Waals surface area contributed by atoms with E-state index in [0.717, 1.165) is 69.7 Å². The molecule has 2 heterocycles. The Bertz CT molecular complexity index is 4200. The van der Waals surface area contributed by atoms with Crippen LogP contribution in [-0.2, 0) is 74.3 Å². The van der Waals surface area contributed by atoms with E-state index in [9.17, 15) is 4.79 Å². The molecule has 0 radical (unpaired) electrons. The molecule has 542 valence electrons. The molecule has 3 aliphatic carbocycles. The smallest absolute Gasteiger partial charge is 0.330 e. The van der Waals surface area contributed by atoms with E-state index in [0.29, 0.717) is 26.4 Å². The molecule has 7 nitrogen and oxygen atoms in total. The number of carbonyl (C=O) groups is 1. The van der Waals surface area contributed by atoms with Gasteiger partial charge in [0.25, 0.3) is 0 Å². The van der Waals surface area contributed by atoms with Crippen molar-refractivity contribution in [3.05, 3.63) is 307 Å². The molecule has 0 bridgehead atoms. The molecule has 2 fully saturated rings. The number of unbranched alkanes of at least 4 members (excludes halogenated alkanes) is 4. The van der Waals surface area contributed by atoms with E-state index in [1.54, 1.807) is 0 Å². The molecule has 0 atom stereocenters. The number of hydrogen-bond acceptors (Lipinski definition) is 7. The first-order chi connectivity index (χ1) is 50.4. The van der Waals surface area contributed by atoms with Gasteiger partial charge in [-0.3, -0.25) is 0 Å². The Hall–Kier alpha value is -8.85. The van der Waals surface area contributed by atoms with Gasteiger partial charge in [-0.15, -0.1) is 13.2 Å². The standard InChI is InChI=1S/C39H42O4.C24H22.C20H30.C14H18O3/c1-5-37(21-40-22-37)25-42-31-13-9-29(10-14-31)39(30-11-15-32(16-12-30)43-26-38(6-2)23-41-24-38)35-19-27(3)7-17-33(35)34-18-8-28(4)20-36(34)39;1-15-11-24(22-10-6-18-4-8-20(18)14-22)16(2)12-23(15)21-9-5-17-3-7-19(17)13-21;1-5-7-9-11-13-19-15-18(4)20(16-17(19)3)14-12-10-8-6-2;1-4-14(15)17-8-7-16-10-13-9-11(2)5-6-12(13)3/h7-20H,5-6,21-26H2,1-4H3;5-6,9-14H,3-4,7-8H2,1-2H3;5-6,15-16H,1-2,7-14H2,3-4H3;4-6,9H,1,7-8,10H2,2-3H3. The Morgan fingerprint density at radius 1 is 0.433 bits per heavy atom. The first-order valence-electron chi connectivity index (χ1n) is 38.4. The molecule has 0 unspecified atom stereocenters. The highest BCUT2D eigenvalue weighted by molar-refractivity contribution is 5.87. The lowest BCUT2D eigenvalue weighted by atomic mass is 9.67. The van der Waals surface area contributed by atoms with E-state index >= 15 is 0 Å². The zero-order chi connectivity index (χ0) is 73.4. The second kappa shape index (κ2) is 35.3. The number of esters is 1. The Labute approximate surface area is 622 Å². The van der Waals surface area contributed by atoms with Crippen molar-refractivity contribution in [1.82, 2.24) is 0 Å². The van der Waals surface area contributed by atoms with Crippen LogP contribution in [0.1, 0.15) is 171 Å². The summed E-state index contributed by atoms with van der Waals surface area (Å²) in [6, 6.07) is 61.3. The number of benzene rings is 9. The molecule has 9 aromatic carbocycles. The zero-order valence-corrected chi connectivity index (χ0v) is 64.1. The molecule has 104 heavy (non-hydrogen) atoms. The van der Waals surface area contributed by atoms with Crippen molar-refractivity contribution in [1.29, 1.82) is 0 Å². The van der Waals surface area contributed by atoms with E-state index in [1.165, 1.54) is 203 Å². The third-order valence-electron chi connectivity index (χ3n) is 22.6. The maximum atomic E-state index is 10.7. The average molecular weight is 1390 g/mol. The van der Waals surface area contributed by atoms with Crippen molar-refractivity contribution in [3.8, 4) is 44.9 Å². The number of ether oxygens (including phenoxy) is 6. The quantitative estimate of drug-likeness (QED) is 0.0209. The van der Waals surface area contributed by atoms with Gasteiger partial charge in [0.05, 0.1) is 69.1 Å². The SMILES string of the molecule is C=CC(=O)OCCOCc1cc(C)ccc1C.C=CCCCCc1cc(C)c(CCCCC=C)cc1C.CCC1(COc2ccc(C3(c4ccc(OCC5(CC)COC5)cc4)c4cc(C)ccc4-c4ccc(C)cc43)cc2)COC1.Cc1cc(-c2ccc3c(c2)CC3)c(C)cc1-c1ccc2c(c1)CC2. The summed E-state index contributed by atoms with van der Waals surface area (Å²) in [5.41, 5.74) is 34.0. The molecular formula is C97H112O7. The van der Waals surface area contributed by atoms with Gasteiger partial charge in [0.15, 0.2) is 0 Å². The molecule has 2 saturated heterocycles. The Kier molecular flexibility index (Phi) is 25.9. The number of aryl methyl sites for hydroxylation is 14. The van der Waals surface area contributed by atoms with Crippen LogP contribution in [0.5, 0.6) is 11.5 Å². The molecule has 2 aliphatic heterocycles. The summed E-state index contributed by atoms with van der Waals surface area (Å²) < 4.78 is 33.9. The molecule has 0 spiro atoms. The van der Waals surface area contributed by atoms with Gasteiger partial charge in [-0.1, -0.05) is 189 Å². The Morgan fingerprint density at radius 3 is 1.27 bits per heavy atom. The van der Waals surface area contributed by atoms with Gasteiger partial charge >= 0.3 is 5.97 Å². The minimum Gasteiger partial charge on any atom is -0.493 e. The second-order valence-electron chi connectivity index (χ2n) is 30.2. The van der Waals surface area contributed by atoms with Crippen molar-refractivity contribution in [2.75, 3.05) is 52.9 Å². The fourth-order valence-electron chi connectivity index (χ4n) is 15.2. The Morgan fingerprint density at radius 2 is 0.875 bits per heavy atom. The van der Waals surface area contributed by atoms with E-state index in [2.05, 4.69) is 253 Å². The lowest BCUT2D eigenvalue weighted by molar-refractivity contribution is -0.139. The summed E-state index contributed by atoms with van der Waals surface area (Å²) in [7, 11) is 0. The van der Waals surface area contributed by atoms with Crippen molar-refractivity contribution in [2.45, 2.75) is 171 Å². The summed E-state index contributed by atoms with van der Waals surface area (Å²) in [6.45, 7) is 38.5. The minimum absolute atomic E-state index is 0.143. The number of hydrogen-bond donors (Lipinski definition) is 0. The molecule has 9 aromatic rings. The predicted molar refractivity (Wildman–Crippen MR) is 431 cm³/mol. The highest BCUT2D eigenvalue weighted by Gasteiger charge is 2.47. The summed E-state index contributed by atoms with van der Waals surface area (Å²) in [5.74, 6) is 1.39. The fraction of sp³-hybridized carbons (Fsp3) is 0.371. The van der Waals surface area contributed by atoms with Gasteiger partial charge in [0, 0.05) is 6.08 Å². The van der Waals surface area contributed by atoms with Crippen LogP contribution in [-0.4, -0.2) is 58.8 Å². The molecule has 0 saturated carbocycles. The number of rotatable bonds is 28. The maximum Gasteiger partial charge on any atom is 0.330 e. The highest BCUT2D eigenvalue weighted by atomic mass is 16.6. The van der Waals surface area contributed by atoms with Crippen LogP contribution in [0.2, 0.25) is 0 Å². The number of carbonyl (C=O) groups excluding carboxylic acids is 1. The van der Waals surface area contributed by atoms with Crippen LogP contribution in [0.4, 0.5) is 0 Å². The first kappa shape index (κ1) is 76.3. The van der Waals surface area contributed by atoms with Crippen LogP contribution in [0.15, 0.2) is 202 Å². The van der Waals surface area contributed by atoms with E-state index < -0.39 is 11.4 Å². The van der Waals surface area contributed by atoms with Crippen molar-refractivity contribution < 1.29 is 33.2 Å². The number of allylic oxidation sites excluding steroid dienone is 2. The van der Waals surface area contributed by atoms with E-state index in [-0.39, 0.29) is 17.4 Å². The summed E-state index contributed by atoms with van der Waals surface area (Å²) in [6.07, 6.45) is 22.0. The van der Waals surface area contributed by atoms with Crippen LogP contribution in [0, 0.1) is 66.2 Å². The summed E-state index contributed by atoms with van der Waals surface area (Å²) in [4.78, 5) is 10.7. The third-order valence-corrected chi connectivity index (χ3v) is 22.6. The molecule has 0 aromatic heterocycles. The zero-order valence-electron chi connectivity index (χ0n) is 64.1. The molecule has 5 aliphatic rings. The molecule has 7 heteroatoms. The molecule has 0 N–H and O–H groups in total. The van der Waals surface area contributed by atoms with Gasteiger partial charge in [-0.25, -0.2) is 4.79 Å². The monoisotopic (exact) mass is 1390 g/mol. The van der Waals surface area contributed by atoms with Crippen molar-refractivity contribution in [3.63, 3.8) is 0 Å². The fourth-order valence-corrected chi connectivity index (χ4v) is 15.2. The van der Waals surface area contributed by atoms with Crippen LogP contribution >= 0.6 is 0 Å².